The van der Waals surface area contributed by atoms with Gasteiger partial charge in [-0.2, -0.15) is 0 Å². The molecule has 0 atom stereocenters. The molecule has 1 aromatic heterocycles. The Morgan fingerprint density at radius 3 is 2.68 bits per heavy atom. The highest BCUT2D eigenvalue weighted by molar-refractivity contribution is 8.18. The quantitative estimate of drug-likeness (QED) is 0.741. The molecule has 2 aliphatic heterocycles. The summed E-state index contributed by atoms with van der Waals surface area (Å²) >= 11 is 0.886. The zero-order valence-corrected chi connectivity index (χ0v) is 16.6. The van der Waals surface area contributed by atoms with E-state index in [1.807, 2.05) is 38.2 Å². The largest absolute Gasteiger partial charge is 0.378 e. The minimum Gasteiger partial charge on any atom is -0.378 e. The Balaban J connectivity index is 1.59. The van der Waals surface area contributed by atoms with Crippen LogP contribution in [0.1, 0.15) is 11.3 Å². The molecule has 2 fully saturated rings. The van der Waals surface area contributed by atoms with E-state index in [0.29, 0.717) is 31.2 Å². The van der Waals surface area contributed by atoms with E-state index in [2.05, 4.69) is 4.57 Å². The third kappa shape index (κ3) is 3.22. The van der Waals surface area contributed by atoms with Gasteiger partial charge in [-0.05, 0) is 30.8 Å². The van der Waals surface area contributed by atoms with Gasteiger partial charge in [0.2, 0.25) is 5.91 Å². The number of hydrogen-bond donors (Lipinski definition) is 0. The number of benzene rings is 1. The number of para-hydroxylation sites is 1. The van der Waals surface area contributed by atoms with E-state index in [0.717, 1.165) is 38.8 Å². The van der Waals surface area contributed by atoms with Crippen LogP contribution >= 0.6 is 11.8 Å². The highest BCUT2D eigenvalue weighted by Gasteiger charge is 2.37. The van der Waals surface area contributed by atoms with Crippen molar-refractivity contribution in [1.82, 2.24) is 14.4 Å². The van der Waals surface area contributed by atoms with Crippen LogP contribution in [-0.4, -0.2) is 64.3 Å². The van der Waals surface area contributed by atoms with Gasteiger partial charge in [0, 0.05) is 42.3 Å². The molecule has 28 heavy (non-hydrogen) atoms. The number of aromatic nitrogens is 1. The summed E-state index contributed by atoms with van der Waals surface area (Å²) in [5, 5.41) is 0.620. The number of hydrogen-bond acceptors (Lipinski definition) is 5. The van der Waals surface area contributed by atoms with Gasteiger partial charge in [0.05, 0.1) is 18.1 Å². The van der Waals surface area contributed by atoms with Crippen LogP contribution in [0, 0.1) is 6.92 Å². The lowest BCUT2D eigenvalue weighted by Crippen LogP contribution is -2.46. The molecule has 146 valence electrons. The van der Waals surface area contributed by atoms with Crippen LogP contribution in [-0.2, 0) is 21.4 Å². The Kier molecular flexibility index (Phi) is 4.99. The minimum atomic E-state index is -0.413. The van der Waals surface area contributed by atoms with Crippen molar-refractivity contribution < 1.29 is 19.1 Å². The standard InChI is InChI=1S/C20H21N3O4S/c1-13-15(14-5-3-4-6-16(14)21(13)2)11-17-19(25)23(20(26)28-17)12-18(24)22-7-9-27-10-8-22/h3-6,11H,7-10,12H2,1-2H3/b17-11-. The van der Waals surface area contributed by atoms with Gasteiger partial charge in [0.25, 0.3) is 11.1 Å². The van der Waals surface area contributed by atoms with Gasteiger partial charge in [-0.3, -0.25) is 19.3 Å². The van der Waals surface area contributed by atoms with Crippen LogP contribution in [0.4, 0.5) is 4.79 Å². The number of nitrogens with zero attached hydrogens (tertiary/aromatic N) is 3. The minimum absolute atomic E-state index is 0.226. The Labute approximate surface area is 166 Å². The molecule has 2 saturated heterocycles. The SMILES string of the molecule is Cc1c(/C=C2\SC(=O)N(CC(=O)N3CCOCC3)C2=O)c2ccccc2n1C. The zero-order valence-electron chi connectivity index (χ0n) is 15.8. The molecule has 8 heteroatoms. The first kappa shape index (κ1) is 18.8. The molecule has 0 saturated carbocycles. The lowest BCUT2D eigenvalue weighted by Gasteiger charge is -2.28. The molecule has 0 spiro atoms. The summed E-state index contributed by atoms with van der Waals surface area (Å²) in [4.78, 5) is 40.6. The molecule has 4 rings (SSSR count). The maximum atomic E-state index is 12.8. The number of fused-ring (bicyclic) bond motifs is 1. The summed E-state index contributed by atoms with van der Waals surface area (Å²) in [5.74, 6) is -0.642. The molecule has 3 amide bonds. The van der Waals surface area contributed by atoms with Crippen LogP contribution in [0.2, 0.25) is 0 Å². The van der Waals surface area contributed by atoms with E-state index in [9.17, 15) is 14.4 Å². The molecule has 0 aliphatic carbocycles. The molecule has 0 bridgehead atoms. The van der Waals surface area contributed by atoms with Crippen molar-refractivity contribution in [2.24, 2.45) is 7.05 Å². The highest BCUT2D eigenvalue weighted by Crippen LogP contribution is 2.35. The number of carbonyl (C=O) groups is 3. The fourth-order valence-corrected chi connectivity index (χ4v) is 4.37. The third-order valence-electron chi connectivity index (χ3n) is 5.25. The van der Waals surface area contributed by atoms with Crippen molar-refractivity contribution in [2.75, 3.05) is 32.8 Å². The third-order valence-corrected chi connectivity index (χ3v) is 6.16. The van der Waals surface area contributed by atoms with E-state index in [4.69, 9.17) is 4.74 Å². The normalized spacial score (nSPS) is 19.3. The number of aryl methyl sites for hydroxylation is 1. The Morgan fingerprint density at radius 1 is 1.21 bits per heavy atom. The van der Waals surface area contributed by atoms with Crippen LogP contribution in [0.15, 0.2) is 29.2 Å². The molecule has 0 radical (unpaired) electrons. The first-order valence-corrected chi connectivity index (χ1v) is 9.94. The topological polar surface area (TPSA) is 71.9 Å². The lowest BCUT2D eigenvalue weighted by molar-refractivity contribution is -0.139. The smallest absolute Gasteiger partial charge is 0.294 e. The number of rotatable bonds is 3. The first-order valence-electron chi connectivity index (χ1n) is 9.12. The molecule has 2 aliphatic rings. The fraction of sp³-hybridized carbons (Fsp3) is 0.350. The van der Waals surface area contributed by atoms with Crippen LogP contribution in [0.25, 0.3) is 17.0 Å². The van der Waals surface area contributed by atoms with Gasteiger partial charge < -0.3 is 14.2 Å². The summed E-state index contributed by atoms with van der Waals surface area (Å²) in [6.45, 7) is 3.69. The maximum absolute atomic E-state index is 12.8. The van der Waals surface area contributed by atoms with Crippen LogP contribution in [0.3, 0.4) is 0 Å². The Hall–Kier alpha value is -2.58. The second kappa shape index (κ2) is 7.44. The lowest BCUT2D eigenvalue weighted by atomic mass is 10.1. The second-order valence-corrected chi connectivity index (χ2v) is 7.83. The molecule has 2 aromatic rings. The van der Waals surface area contributed by atoms with E-state index < -0.39 is 11.1 Å². The maximum Gasteiger partial charge on any atom is 0.294 e. The van der Waals surface area contributed by atoms with Crippen molar-refractivity contribution in [3.63, 3.8) is 0 Å². The van der Waals surface area contributed by atoms with Gasteiger partial charge in [0.15, 0.2) is 0 Å². The molecule has 1 aromatic carbocycles. The molecule has 0 N–H and O–H groups in total. The Bertz CT molecular complexity index is 1000. The molecular weight excluding hydrogens is 378 g/mol. The monoisotopic (exact) mass is 399 g/mol. The molecule has 0 unspecified atom stereocenters. The van der Waals surface area contributed by atoms with E-state index in [-0.39, 0.29) is 12.5 Å². The van der Waals surface area contributed by atoms with Crippen molar-refractivity contribution in [3.8, 4) is 0 Å². The molecular formula is C20H21N3O4S. The van der Waals surface area contributed by atoms with E-state index >= 15 is 0 Å². The highest BCUT2D eigenvalue weighted by atomic mass is 32.2. The average Bonchev–Trinajstić information content (AvgIpc) is 3.12. The van der Waals surface area contributed by atoms with E-state index in [1.165, 1.54) is 0 Å². The van der Waals surface area contributed by atoms with Crippen molar-refractivity contribution in [3.05, 3.63) is 40.4 Å². The van der Waals surface area contributed by atoms with Crippen molar-refractivity contribution in [1.29, 1.82) is 0 Å². The number of morpholine rings is 1. The summed E-state index contributed by atoms with van der Waals surface area (Å²) < 4.78 is 7.30. The van der Waals surface area contributed by atoms with Gasteiger partial charge >= 0.3 is 0 Å². The van der Waals surface area contributed by atoms with Gasteiger partial charge in [-0.15, -0.1) is 0 Å². The Morgan fingerprint density at radius 2 is 1.93 bits per heavy atom. The van der Waals surface area contributed by atoms with Gasteiger partial charge in [0.1, 0.15) is 6.54 Å². The van der Waals surface area contributed by atoms with Crippen LogP contribution in [0.5, 0.6) is 0 Å². The van der Waals surface area contributed by atoms with Gasteiger partial charge in [-0.25, -0.2) is 0 Å². The number of thioether (sulfide) groups is 1. The van der Waals surface area contributed by atoms with E-state index in [1.54, 1.807) is 11.0 Å². The number of amides is 3. The summed E-state index contributed by atoms with van der Waals surface area (Å²) in [5.41, 5.74) is 2.99. The predicted octanol–water partition coefficient (Wildman–Crippen LogP) is 2.38. The summed E-state index contributed by atoms with van der Waals surface area (Å²) in [7, 11) is 1.97. The molecule has 7 nitrogen and oxygen atoms in total. The molecule has 3 heterocycles. The fourth-order valence-electron chi connectivity index (χ4n) is 3.55. The number of carbonyl (C=O) groups excluding carboxylic acids is 3. The van der Waals surface area contributed by atoms with Gasteiger partial charge in [-0.1, -0.05) is 18.2 Å². The summed E-state index contributed by atoms with van der Waals surface area (Å²) in [6, 6.07) is 7.94. The number of imide groups is 1. The second-order valence-electron chi connectivity index (χ2n) is 6.84. The van der Waals surface area contributed by atoms with Crippen LogP contribution < -0.4 is 0 Å². The van der Waals surface area contributed by atoms with Crippen molar-refractivity contribution in [2.45, 2.75) is 6.92 Å². The van der Waals surface area contributed by atoms with Crippen molar-refractivity contribution >= 4 is 45.8 Å². The average molecular weight is 399 g/mol. The predicted molar refractivity (Wildman–Crippen MR) is 108 cm³/mol. The zero-order chi connectivity index (χ0) is 19.8. The summed E-state index contributed by atoms with van der Waals surface area (Å²) in [6.07, 6.45) is 1.77. The number of ether oxygens (including phenoxy) is 1. The first-order chi connectivity index (χ1) is 13.5.